The number of rotatable bonds is 2. The molecule has 0 amide bonds. The fourth-order valence-corrected chi connectivity index (χ4v) is 3.51. The Labute approximate surface area is 169 Å². The SMILES string of the molecule is CC.CN1CCN(c2cc(F)c3cc(-c4ccccc4Cl)c(=O)oc3c2)CC1. The number of benzene rings is 2. The van der Waals surface area contributed by atoms with E-state index < -0.39 is 11.4 Å². The van der Waals surface area contributed by atoms with Crippen LogP contribution in [0.15, 0.2) is 51.7 Å². The molecule has 1 fully saturated rings. The van der Waals surface area contributed by atoms with Crippen molar-refractivity contribution in [3.8, 4) is 11.1 Å². The molecule has 1 aliphatic rings. The third-order valence-electron chi connectivity index (χ3n) is 4.82. The van der Waals surface area contributed by atoms with Crippen molar-refractivity contribution in [1.29, 1.82) is 0 Å². The number of likely N-dealkylation sites (N-methyl/N-ethyl adjacent to an activating group) is 1. The molecule has 1 saturated heterocycles. The number of nitrogens with zero attached hydrogens (tertiary/aromatic N) is 2. The maximum absolute atomic E-state index is 14.8. The first-order valence-corrected chi connectivity index (χ1v) is 9.86. The second-order valence-corrected chi connectivity index (χ2v) is 6.96. The van der Waals surface area contributed by atoms with Gasteiger partial charge in [0.1, 0.15) is 11.4 Å². The Morgan fingerprint density at radius 3 is 2.36 bits per heavy atom. The van der Waals surface area contributed by atoms with E-state index in [1.54, 1.807) is 30.3 Å². The van der Waals surface area contributed by atoms with Gasteiger partial charge in [-0.05, 0) is 25.2 Å². The zero-order chi connectivity index (χ0) is 20.3. The average molecular weight is 403 g/mol. The molecule has 2 heterocycles. The Morgan fingerprint density at radius 2 is 1.68 bits per heavy atom. The van der Waals surface area contributed by atoms with Gasteiger partial charge < -0.3 is 14.2 Å². The third kappa shape index (κ3) is 4.05. The first-order chi connectivity index (χ1) is 13.5. The van der Waals surface area contributed by atoms with Gasteiger partial charge >= 0.3 is 5.63 Å². The summed E-state index contributed by atoms with van der Waals surface area (Å²) in [4.78, 5) is 16.8. The van der Waals surface area contributed by atoms with Crippen molar-refractivity contribution < 1.29 is 8.81 Å². The van der Waals surface area contributed by atoms with Crippen molar-refractivity contribution in [3.63, 3.8) is 0 Å². The monoisotopic (exact) mass is 402 g/mol. The van der Waals surface area contributed by atoms with Crippen LogP contribution in [0, 0.1) is 5.82 Å². The molecule has 0 atom stereocenters. The number of hydrogen-bond acceptors (Lipinski definition) is 4. The van der Waals surface area contributed by atoms with Crippen LogP contribution < -0.4 is 10.5 Å². The van der Waals surface area contributed by atoms with E-state index in [0.717, 1.165) is 31.9 Å². The predicted octanol–water partition coefficient (Wildman–Crippen LogP) is 5.03. The van der Waals surface area contributed by atoms with E-state index in [4.69, 9.17) is 16.0 Å². The van der Waals surface area contributed by atoms with E-state index in [9.17, 15) is 9.18 Å². The minimum absolute atomic E-state index is 0.250. The van der Waals surface area contributed by atoms with Crippen molar-refractivity contribution >= 4 is 28.3 Å². The number of halogens is 2. The first kappa shape index (κ1) is 20.4. The second kappa shape index (κ2) is 8.76. The van der Waals surface area contributed by atoms with E-state index >= 15 is 0 Å². The number of hydrogen-bond donors (Lipinski definition) is 0. The molecule has 1 aliphatic heterocycles. The molecular weight excluding hydrogens is 379 g/mol. The summed E-state index contributed by atoms with van der Waals surface area (Å²) in [5.41, 5.74) is 1.25. The standard InChI is InChI=1S/C20H18ClFN2O2.C2H6/c1-23-6-8-24(9-7-23)13-10-18(22)16-12-15(20(25)26-19(16)11-13)14-4-2-3-5-17(14)21;1-2/h2-5,10-12H,6-9H2,1H3;1-2H3. The van der Waals surface area contributed by atoms with Crippen molar-refractivity contribution in [2.24, 2.45) is 0 Å². The highest BCUT2D eigenvalue weighted by atomic mass is 35.5. The van der Waals surface area contributed by atoms with Crippen LogP contribution in [0.3, 0.4) is 0 Å². The van der Waals surface area contributed by atoms with Gasteiger partial charge in [-0.3, -0.25) is 0 Å². The quantitative estimate of drug-likeness (QED) is 0.563. The predicted molar refractivity (Wildman–Crippen MR) is 114 cm³/mol. The lowest BCUT2D eigenvalue weighted by Crippen LogP contribution is -2.44. The summed E-state index contributed by atoms with van der Waals surface area (Å²) >= 11 is 6.18. The van der Waals surface area contributed by atoms with Gasteiger partial charge in [0.05, 0.1) is 10.9 Å². The molecule has 2 aromatic carbocycles. The minimum Gasteiger partial charge on any atom is -0.422 e. The molecule has 4 rings (SSSR count). The lowest BCUT2D eigenvalue weighted by Gasteiger charge is -2.34. The molecule has 28 heavy (non-hydrogen) atoms. The fraction of sp³-hybridized carbons (Fsp3) is 0.318. The molecule has 0 radical (unpaired) electrons. The van der Waals surface area contributed by atoms with Crippen molar-refractivity contribution in [3.05, 3.63) is 63.7 Å². The van der Waals surface area contributed by atoms with Crippen LogP contribution in [-0.2, 0) is 0 Å². The second-order valence-electron chi connectivity index (χ2n) is 6.56. The molecule has 6 heteroatoms. The number of piperazine rings is 1. The van der Waals surface area contributed by atoms with Gasteiger partial charge in [-0.2, -0.15) is 0 Å². The number of anilines is 1. The van der Waals surface area contributed by atoms with Gasteiger partial charge in [0.25, 0.3) is 0 Å². The van der Waals surface area contributed by atoms with Gasteiger partial charge in [-0.25, -0.2) is 9.18 Å². The molecule has 0 bridgehead atoms. The summed E-state index contributed by atoms with van der Waals surface area (Å²) in [5, 5.41) is 0.700. The maximum atomic E-state index is 14.8. The molecular formula is C22H24ClFN2O2. The smallest absolute Gasteiger partial charge is 0.344 e. The minimum atomic E-state index is -0.527. The van der Waals surface area contributed by atoms with Gasteiger partial charge in [-0.15, -0.1) is 0 Å². The van der Waals surface area contributed by atoms with Crippen LogP contribution in [-0.4, -0.2) is 38.1 Å². The molecule has 148 valence electrons. The lowest BCUT2D eigenvalue weighted by atomic mass is 10.1. The van der Waals surface area contributed by atoms with Gasteiger partial charge in [-0.1, -0.05) is 43.6 Å². The van der Waals surface area contributed by atoms with Crippen molar-refractivity contribution in [1.82, 2.24) is 4.90 Å². The molecule has 4 nitrogen and oxygen atoms in total. The molecule has 0 aliphatic carbocycles. The van der Waals surface area contributed by atoms with Crippen LogP contribution in [0.2, 0.25) is 5.02 Å². The molecule has 1 aromatic heterocycles. The largest absolute Gasteiger partial charge is 0.422 e. The lowest BCUT2D eigenvalue weighted by molar-refractivity contribution is 0.313. The summed E-state index contributed by atoms with van der Waals surface area (Å²) in [6.45, 7) is 7.44. The van der Waals surface area contributed by atoms with E-state index in [-0.39, 0.29) is 16.5 Å². The van der Waals surface area contributed by atoms with E-state index in [0.29, 0.717) is 10.6 Å². The molecule has 0 N–H and O–H groups in total. The zero-order valence-electron chi connectivity index (χ0n) is 16.3. The zero-order valence-corrected chi connectivity index (χ0v) is 17.1. The summed E-state index contributed by atoms with van der Waals surface area (Å²) < 4.78 is 20.2. The van der Waals surface area contributed by atoms with Crippen LogP contribution in [0.4, 0.5) is 10.1 Å². The van der Waals surface area contributed by atoms with E-state index in [1.807, 2.05) is 13.8 Å². The number of fused-ring (bicyclic) bond motifs is 1. The van der Waals surface area contributed by atoms with Crippen molar-refractivity contribution in [2.75, 3.05) is 38.1 Å². The Kier molecular flexibility index (Phi) is 6.37. The van der Waals surface area contributed by atoms with E-state index in [1.165, 1.54) is 12.1 Å². The normalized spacial score (nSPS) is 14.7. The average Bonchev–Trinajstić information content (AvgIpc) is 2.70. The Balaban J connectivity index is 0.00000109. The topological polar surface area (TPSA) is 36.7 Å². The molecule has 3 aromatic rings. The first-order valence-electron chi connectivity index (χ1n) is 9.49. The van der Waals surface area contributed by atoms with Crippen LogP contribution >= 0.6 is 11.6 Å². The van der Waals surface area contributed by atoms with Gasteiger partial charge in [0, 0.05) is 48.5 Å². The van der Waals surface area contributed by atoms with Crippen LogP contribution in [0.25, 0.3) is 22.1 Å². The van der Waals surface area contributed by atoms with E-state index in [2.05, 4.69) is 16.8 Å². The highest BCUT2D eigenvalue weighted by molar-refractivity contribution is 6.33. The third-order valence-corrected chi connectivity index (χ3v) is 5.15. The summed E-state index contributed by atoms with van der Waals surface area (Å²) in [6.07, 6.45) is 0. The molecule has 0 unspecified atom stereocenters. The summed E-state index contributed by atoms with van der Waals surface area (Å²) in [5.74, 6) is -0.409. The highest BCUT2D eigenvalue weighted by Gasteiger charge is 2.18. The Hall–Kier alpha value is -2.37. The summed E-state index contributed by atoms with van der Waals surface area (Å²) in [6, 6.07) is 11.7. The van der Waals surface area contributed by atoms with Crippen LogP contribution in [0.1, 0.15) is 13.8 Å². The summed E-state index contributed by atoms with van der Waals surface area (Å²) in [7, 11) is 2.06. The van der Waals surface area contributed by atoms with Gasteiger partial charge in [0.2, 0.25) is 0 Å². The fourth-order valence-electron chi connectivity index (χ4n) is 3.28. The van der Waals surface area contributed by atoms with Gasteiger partial charge in [0.15, 0.2) is 0 Å². The Bertz CT molecular complexity index is 1030. The maximum Gasteiger partial charge on any atom is 0.344 e. The highest BCUT2D eigenvalue weighted by Crippen LogP contribution is 2.30. The Morgan fingerprint density at radius 1 is 1.00 bits per heavy atom. The molecule has 0 spiro atoms. The van der Waals surface area contributed by atoms with Crippen LogP contribution in [0.5, 0.6) is 0 Å². The molecule has 0 saturated carbocycles. The van der Waals surface area contributed by atoms with Crippen molar-refractivity contribution in [2.45, 2.75) is 13.8 Å².